The highest BCUT2D eigenvalue weighted by Gasteiger charge is 2.37. The number of esters is 1. The molecule has 1 unspecified atom stereocenters. The molecule has 2 aromatic rings. The molecule has 2 aliphatic heterocycles. The normalized spacial score (nSPS) is 16.0. The number of carboxylic acids is 1. The number of amides is 1. The van der Waals surface area contributed by atoms with Crippen LogP contribution in [-0.4, -0.2) is 73.4 Å². The van der Waals surface area contributed by atoms with Crippen LogP contribution in [0, 0.1) is 13.8 Å². The largest absolute Gasteiger partial charge is 0.494 e. The molecule has 1 atom stereocenters. The van der Waals surface area contributed by atoms with Gasteiger partial charge in [0.15, 0.2) is 0 Å². The molecule has 2 aliphatic rings. The number of hydrogen-bond acceptors (Lipinski definition) is 7. The molecule has 0 spiro atoms. The van der Waals surface area contributed by atoms with Crippen molar-refractivity contribution in [2.24, 2.45) is 0 Å². The molecule has 9 nitrogen and oxygen atoms in total. The number of carbonyl (C=O) groups is 3. The van der Waals surface area contributed by atoms with Gasteiger partial charge in [0.25, 0.3) is 6.23 Å². The Kier molecular flexibility index (Phi) is 12.5. The van der Waals surface area contributed by atoms with Crippen LogP contribution in [0.3, 0.4) is 0 Å². The van der Waals surface area contributed by atoms with E-state index in [0.29, 0.717) is 30.9 Å². The molecule has 0 bridgehead atoms. The minimum atomic E-state index is -1.70. The van der Waals surface area contributed by atoms with E-state index in [1.807, 2.05) is 12.1 Å². The van der Waals surface area contributed by atoms with E-state index in [4.69, 9.17) is 9.47 Å². The van der Waals surface area contributed by atoms with Crippen molar-refractivity contribution in [2.45, 2.75) is 91.2 Å². The molecule has 44 heavy (non-hydrogen) atoms. The molecule has 0 aliphatic carbocycles. The first kappa shape index (κ1) is 33.3. The van der Waals surface area contributed by atoms with Gasteiger partial charge in [-0.25, -0.2) is 4.79 Å². The summed E-state index contributed by atoms with van der Waals surface area (Å²) in [6, 6.07) is 11.9. The number of rotatable bonds is 16. The molecule has 2 heterocycles. The number of benzene rings is 2. The summed E-state index contributed by atoms with van der Waals surface area (Å²) in [5.74, 6) is -1.79. The van der Waals surface area contributed by atoms with Crippen LogP contribution in [-0.2, 0) is 25.5 Å². The van der Waals surface area contributed by atoms with Crippen LogP contribution in [0.15, 0.2) is 36.4 Å². The third-order valence-electron chi connectivity index (χ3n) is 8.79. The Balaban J connectivity index is 1.25. The molecule has 4 rings (SSSR count). The molecule has 240 valence electrons. The maximum atomic E-state index is 12.9. The highest BCUT2D eigenvalue weighted by Crippen LogP contribution is 2.34. The average Bonchev–Trinajstić information content (AvgIpc) is 3.01. The SMILES string of the molecule is CCCCCCCC(=O)OC(C(=O)O)N1C(=O)CCc2ccc(OCCCCN3CCN(c4cccc(C)c4C)CC3)cc21. The standard InChI is InChI=1S/C35H49N3O6/c1-4-5-6-7-8-14-33(40)44-34(35(41)42)38-31-25-29(17-15-28(31)16-18-32(38)39)43-24-10-9-19-36-20-22-37(23-21-36)30-13-11-12-26(2)27(30)3/h11-13,15,17,25,34H,4-10,14,16,18-24H2,1-3H3,(H,41,42). The van der Waals surface area contributed by atoms with E-state index in [1.54, 1.807) is 6.07 Å². The van der Waals surface area contributed by atoms with Crippen molar-refractivity contribution in [3.8, 4) is 5.75 Å². The summed E-state index contributed by atoms with van der Waals surface area (Å²) < 4.78 is 11.4. The number of piperazine rings is 1. The first-order chi connectivity index (χ1) is 21.3. The van der Waals surface area contributed by atoms with Gasteiger partial charge in [0.05, 0.1) is 12.3 Å². The van der Waals surface area contributed by atoms with Crippen molar-refractivity contribution in [1.29, 1.82) is 0 Å². The molecular weight excluding hydrogens is 558 g/mol. The lowest BCUT2D eigenvalue weighted by Crippen LogP contribution is -2.50. The summed E-state index contributed by atoms with van der Waals surface area (Å²) in [4.78, 5) is 43.7. The summed E-state index contributed by atoms with van der Waals surface area (Å²) in [7, 11) is 0. The summed E-state index contributed by atoms with van der Waals surface area (Å²) >= 11 is 0. The molecular formula is C35H49N3O6. The minimum Gasteiger partial charge on any atom is -0.494 e. The van der Waals surface area contributed by atoms with Crippen molar-refractivity contribution in [3.63, 3.8) is 0 Å². The zero-order chi connectivity index (χ0) is 31.5. The maximum Gasteiger partial charge on any atom is 0.367 e. The topological polar surface area (TPSA) is 99.6 Å². The van der Waals surface area contributed by atoms with E-state index in [9.17, 15) is 19.5 Å². The zero-order valence-corrected chi connectivity index (χ0v) is 26.7. The van der Waals surface area contributed by atoms with Crippen LogP contribution < -0.4 is 14.5 Å². The number of ether oxygens (including phenoxy) is 2. The third kappa shape index (κ3) is 8.97. The van der Waals surface area contributed by atoms with Crippen molar-refractivity contribution in [3.05, 3.63) is 53.1 Å². The van der Waals surface area contributed by atoms with Gasteiger partial charge in [0.1, 0.15) is 5.75 Å². The maximum absolute atomic E-state index is 12.9. The molecule has 2 aromatic carbocycles. The number of anilines is 2. The quantitative estimate of drug-likeness (QED) is 0.187. The van der Waals surface area contributed by atoms with Gasteiger partial charge >= 0.3 is 11.9 Å². The number of aliphatic carboxylic acids is 1. The average molecular weight is 608 g/mol. The second kappa shape index (κ2) is 16.5. The number of fused-ring (bicyclic) bond motifs is 1. The van der Waals surface area contributed by atoms with Gasteiger partial charge in [-0.3, -0.25) is 19.4 Å². The Labute approximate surface area is 262 Å². The lowest BCUT2D eigenvalue weighted by molar-refractivity contribution is -0.165. The second-order valence-electron chi connectivity index (χ2n) is 12.0. The van der Waals surface area contributed by atoms with Crippen LogP contribution in [0.25, 0.3) is 0 Å². The van der Waals surface area contributed by atoms with E-state index in [0.717, 1.165) is 81.7 Å². The molecule has 1 saturated heterocycles. The highest BCUT2D eigenvalue weighted by molar-refractivity contribution is 6.01. The number of carbonyl (C=O) groups excluding carboxylic acids is 2. The van der Waals surface area contributed by atoms with Gasteiger partial charge in [0.2, 0.25) is 5.91 Å². The number of hydrogen-bond donors (Lipinski definition) is 1. The Morgan fingerprint density at radius 1 is 0.909 bits per heavy atom. The minimum absolute atomic E-state index is 0.133. The van der Waals surface area contributed by atoms with Crippen LogP contribution >= 0.6 is 0 Å². The lowest BCUT2D eigenvalue weighted by atomic mass is 10.0. The number of aryl methyl sites for hydroxylation is 2. The number of unbranched alkanes of at least 4 members (excludes halogenated alkanes) is 5. The van der Waals surface area contributed by atoms with E-state index >= 15 is 0 Å². The molecule has 0 aromatic heterocycles. The summed E-state index contributed by atoms with van der Waals surface area (Å²) in [5, 5.41) is 9.92. The fraction of sp³-hybridized carbons (Fsp3) is 0.571. The van der Waals surface area contributed by atoms with E-state index in [-0.39, 0.29) is 18.7 Å². The van der Waals surface area contributed by atoms with Crippen LogP contribution in [0.4, 0.5) is 11.4 Å². The van der Waals surface area contributed by atoms with Crippen LogP contribution in [0.2, 0.25) is 0 Å². The van der Waals surface area contributed by atoms with Crippen LogP contribution in [0.1, 0.15) is 81.4 Å². The van der Waals surface area contributed by atoms with Gasteiger partial charge in [0, 0.05) is 50.8 Å². The Morgan fingerprint density at radius 2 is 1.68 bits per heavy atom. The monoisotopic (exact) mass is 607 g/mol. The molecule has 1 fully saturated rings. The summed E-state index contributed by atoms with van der Waals surface area (Å²) in [6.07, 6.45) is 5.72. The smallest absolute Gasteiger partial charge is 0.367 e. The first-order valence-electron chi connectivity index (χ1n) is 16.3. The third-order valence-corrected chi connectivity index (χ3v) is 8.79. The Hall–Kier alpha value is -3.59. The summed E-state index contributed by atoms with van der Waals surface area (Å²) in [6.45, 7) is 12.1. The Morgan fingerprint density at radius 3 is 2.43 bits per heavy atom. The molecule has 1 amide bonds. The fourth-order valence-electron chi connectivity index (χ4n) is 6.01. The predicted octanol–water partition coefficient (Wildman–Crippen LogP) is 5.88. The lowest BCUT2D eigenvalue weighted by Gasteiger charge is -2.37. The van der Waals surface area contributed by atoms with Gasteiger partial charge in [-0.15, -0.1) is 0 Å². The van der Waals surface area contributed by atoms with Gasteiger partial charge < -0.3 is 19.5 Å². The number of carboxylic acid groups (broad SMARTS) is 1. The van der Waals surface area contributed by atoms with E-state index in [2.05, 4.69) is 48.8 Å². The molecule has 1 N–H and O–H groups in total. The van der Waals surface area contributed by atoms with Crippen molar-refractivity contribution < 1.29 is 29.0 Å². The fourth-order valence-corrected chi connectivity index (χ4v) is 6.01. The molecule has 0 saturated carbocycles. The van der Waals surface area contributed by atoms with Gasteiger partial charge in [-0.05, 0) is 74.9 Å². The van der Waals surface area contributed by atoms with Crippen molar-refractivity contribution >= 4 is 29.2 Å². The van der Waals surface area contributed by atoms with Gasteiger partial charge in [-0.1, -0.05) is 50.8 Å². The molecule has 9 heteroatoms. The first-order valence-corrected chi connectivity index (χ1v) is 16.3. The summed E-state index contributed by atoms with van der Waals surface area (Å²) in [5.41, 5.74) is 5.30. The Bertz CT molecular complexity index is 1270. The van der Waals surface area contributed by atoms with Crippen LogP contribution in [0.5, 0.6) is 5.75 Å². The highest BCUT2D eigenvalue weighted by atomic mass is 16.6. The molecule has 0 radical (unpaired) electrons. The van der Waals surface area contributed by atoms with Crippen molar-refractivity contribution in [2.75, 3.05) is 49.1 Å². The van der Waals surface area contributed by atoms with E-state index in [1.165, 1.54) is 16.8 Å². The zero-order valence-electron chi connectivity index (χ0n) is 26.7. The van der Waals surface area contributed by atoms with E-state index < -0.39 is 18.2 Å². The number of nitrogens with zero attached hydrogens (tertiary/aromatic N) is 3. The van der Waals surface area contributed by atoms with Crippen molar-refractivity contribution in [1.82, 2.24) is 4.90 Å². The predicted molar refractivity (Wildman–Crippen MR) is 172 cm³/mol. The van der Waals surface area contributed by atoms with Gasteiger partial charge in [-0.2, -0.15) is 0 Å². The second-order valence-corrected chi connectivity index (χ2v) is 12.0.